The maximum absolute atomic E-state index is 9.43. The fourth-order valence-corrected chi connectivity index (χ4v) is 2.37. The van der Waals surface area contributed by atoms with Crippen molar-refractivity contribution in [2.75, 3.05) is 30.4 Å². The summed E-state index contributed by atoms with van der Waals surface area (Å²) < 4.78 is 1.59. The molecule has 1 unspecified atom stereocenters. The summed E-state index contributed by atoms with van der Waals surface area (Å²) in [6.07, 6.45) is 5.44. The van der Waals surface area contributed by atoms with Crippen molar-refractivity contribution >= 4 is 11.9 Å². The van der Waals surface area contributed by atoms with Crippen LogP contribution in [0.1, 0.15) is 12.8 Å². The first-order valence-corrected chi connectivity index (χ1v) is 6.63. The molecule has 0 aliphatic carbocycles. The summed E-state index contributed by atoms with van der Waals surface area (Å²) in [5.41, 5.74) is 0. The molecule has 1 saturated heterocycles. The molecule has 0 bridgehead atoms. The lowest BCUT2D eigenvalue weighted by Crippen LogP contribution is -2.34. The SMILES string of the molecule is CNc1nc(N2CCCC2CO)nc(-n2cccn2)n1. The van der Waals surface area contributed by atoms with Crippen molar-refractivity contribution in [1.29, 1.82) is 0 Å². The topological polar surface area (TPSA) is 92.0 Å². The molecule has 2 N–H and O–H groups in total. The van der Waals surface area contributed by atoms with Crippen molar-refractivity contribution in [2.24, 2.45) is 0 Å². The summed E-state index contributed by atoms with van der Waals surface area (Å²) >= 11 is 0. The first kappa shape index (κ1) is 12.8. The average molecular weight is 275 g/mol. The minimum Gasteiger partial charge on any atom is -0.394 e. The first-order chi connectivity index (χ1) is 9.81. The smallest absolute Gasteiger partial charge is 0.257 e. The van der Waals surface area contributed by atoms with Crippen LogP contribution in [0.5, 0.6) is 0 Å². The van der Waals surface area contributed by atoms with Gasteiger partial charge in [-0.1, -0.05) is 0 Å². The number of nitrogens with zero attached hydrogens (tertiary/aromatic N) is 6. The molecule has 0 radical (unpaired) electrons. The zero-order chi connectivity index (χ0) is 13.9. The van der Waals surface area contributed by atoms with Crippen LogP contribution in [0.25, 0.3) is 5.95 Å². The molecule has 0 spiro atoms. The van der Waals surface area contributed by atoms with E-state index in [1.165, 1.54) is 0 Å². The molecular formula is C12H17N7O. The molecule has 2 aromatic heterocycles. The zero-order valence-corrected chi connectivity index (χ0v) is 11.3. The minimum atomic E-state index is 0.0765. The van der Waals surface area contributed by atoms with E-state index in [0.29, 0.717) is 17.8 Å². The molecule has 1 aliphatic rings. The predicted octanol–water partition coefficient (Wildman–Crippen LogP) is 0.0601. The van der Waals surface area contributed by atoms with Crippen LogP contribution in [-0.4, -0.2) is 56.1 Å². The molecular weight excluding hydrogens is 258 g/mol. The van der Waals surface area contributed by atoms with E-state index < -0.39 is 0 Å². The Morgan fingerprint density at radius 2 is 2.20 bits per heavy atom. The highest BCUT2D eigenvalue weighted by Crippen LogP contribution is 2.23. The lowest BCUT2D eigenvalue weighted by molar-refractivity contribution is 0.265. The van der Waals surface area contributed by atoms with Crippen LogP contribution < -0.4 is 10.2 Å². The van der Waals surface area contributed by atoms with Crippen molar-refractivity contribution in [3.05, 3.63) is 18.5 Å². The normalized spacial score (nSPS) is 18.5. The fourth-order valence-electron chi connectivity index (χ4n) is 2.37. The lowest BCUT2D eigenvalue weighted by Gasteiger charge is -2.23. The zero-order valence-electron chi connectivity index (χ0n) is 11.3. The second-order valence-corrected chi connectivity index (χ2v) is 4.63. The van der Waals surface area contributed by atoms with E-state index in [4.69, 9.17) is 0 Å². The third-order valence-electron chi connectivity index (χ3n) is 3.39. The van der Waals surface area contributed by atoms with E-state index in [-0.39, 0.29) is 12.6 Å². The van der Waals surface area contributed by atoms with Gasteiger partial charge < -0.3 is 15.3 Å². The van der Waals surface area contributed by atoms with Crippen LogP contribution in [0.3, 0.4) is 0 Å². The van der Waals surface area contributed by atoms with Gasteiger partial charge in [-0.3, -0.25) is 0 Å². The number of aromatic nitrogens is 5. The van der Waals surface area contributed by atoms with Crippen molar-refractivity contribution in [3.63, 3.8) is 0 Å². The Bertz CT molecular complexity index is 571. The number of aliphatic hydroxyl groups is 1. The van der Waals surface area contributed by atoms with E-state index in [1.54, 1.807) is 24.1 Å². The van der Waals surface area contributed by atoms with Gasteiger partial charge in [0.05, 0.1) is 12.6 Å². The first-order valence-electron chi connectivity index (χ1n) is 6.63. The Hall–Kier alpha value is -2.22. The third kappa shape index (κ3) is 2.29. The Labute approximate surface area is 116 Å². The van der Waals surface area contributed by atoms with Crippen LogP contribution in [0.2, 0.25) is 0 Å². The Morgan fingerprint density at radius 3 is 2.90 bits per heavy atom. The van der Waals surface area contributed by atoms with Gasteiger partial charge >= 0.3 is 0 Å². The van der Waals surface area contributed by atoms with Gasteiger partial charge in [0.1, 0.15) is 0 Å². The molecule has 1 atom stereocenters. The van der Waals surface area contributed by atoms with Crippen LogP contribution in [0.4, 0.5) is 11.9 Å². The fraction of sp³-hybridized carbons (Fsp3) is 0.500. The maximum atomic E-state index is 9.43. The monoisotopic (exact) mass is 275 g/mol. The molecule has 1 aliphatic heterocycles. The molecule has 20 heavy (non-hydrogen) atoms. The van der Waals surface area contributed by atoms with E-state index >= 15 is 0 Å². The van der Waals surface area contributed by atoms with Gasteiger partial charge in [-0.15, -0.1) is 0 Å². The molecule has 0 amide bonds. The van der Waals surface area contributed by atoms with Crippen molar-refractivity contribution in [1.82, 2.24) is 24.7 Å². The lowest BCUT2D eigenvalue weighted by atomic mass is 10.2. The molecule has 1 fully saturated rings. The molecule has 8 heteroatoms. The van der Waals surface area contributed by atoms with E-state index in [1.807, 2.05) is 11.0 Å². The summed E-state index contributed by atoms with van der Waals surface area (Å²) in [4.78, 5) is 15.2. The highest BCUT2D eigenvalue weighted by atomic mass is 16.3. The Balaban J connectivity index is 2.00. The molecule has 106 valence electrons. The molecule has 2 aromatic rings. The van der Waals surface area contributed by atoms with E-state index in [9.17, 15) is 5.11 Å². The van der Waals surface area contributed by atoms with Gasteiger partial charge in [-0.25, -0.2) is 4.68 Å². The quantitative estimate of drug-likeness (QED) is 0.815. The number of aliphatic hydroxyl groups excluding tert-OH is 1. The summed E-state index contributed by atoms with van der Waals surface area (Å²) in [5, 5.41) is 16.5. The van der Waals surface area contributed by atoms with Gasteiger partial charge in [0.15, 0.2) is 0 Å². The number of anilines is 2. The average Bonchev–Trinajstić information content (AvgIpc) is 3.17. The Kier molecular flexibility index (Phi) is 3.46. The second kappa shape index (κ2) is 5.41. The highest BCUT2D eigenvalue weighted by molar-refractivity contribution is 5.41. The number of rotatable bonds is 4. The third-order valence-corrected chi connectivity index (χ3v) is 3.39. The van der Waals surface area contributed by atoms with Crippen molar-refractivity contribution < 1.29 is 5.11 Å². The van der Waals surface area contributed by atoms with Gasteiger partial charge in [0, 0.05) is 26.0 Å². The number of nitrogens with one attached hydrogen (secondary N) is 1. The van der Waals surface area contributed by atoms with Crippen LogP contribution in [0.15, 0.2) is 18.5 Å². The van der Waals surface area contributed by atoms with E-state index in [0.717, 1.165) is 19.4 Å². The van der Waals surface area contributed by atoms with Crippen LogP contribution >= 0.6 is 0 Å². The second-order valence-electron chi connectivity index (χ2n) is 4.63. The standard InChI is InChI=1S/C12H17N7O/c1-13-10-15-11(18-6-2-4-9(18)8-20)17-12(16-10)19-7-3-5-14-19/h3,5,7,9,20H,2,4,6,8H2,1H3,(H,13,15,16,17). The molecule has 0 saturated carbocycles. The van der Waals surface area contributed by atoms with E-state index in [2.05, 4.69) is 25.4 Å². The molecule has 0 aromatic carbocycles. The molecule has 3 heterocycles. The predicted molar refractivity (Wildman–Crippen MR) is 73.9 cm³/mol. The molecule has 8 nitrogen and oxygen atoms in total. The van der Waals surface area contributed by atoms with Gasteiger partial charge in [-0.05, 0) is 18.9 Å². The Morgan fingerprint density at radius 1 is 1.35 bits per heavy atom. The van der Waals surface area contributed by atoms with Crippen molar-refractivity contribution in [3.8, 4) is 5.95 Å². The van der Waals surface area contributed by atoms with Gasteiger partial charge in [0.25, 0.3) is 5.95 Å². The molecule has 3 rings (SSSR count). The van der Waals surface area contributed by atoms with Crippen LogP contribution in [-0.2, 0) is 0 Å². The minimum absolute atomic E-state index is 0.0765. The van der Waals surface area contributed by atoms with Gasteiger partial charge in [0.2, 0.25) is 11.9 Å². The van der Waals surface area contributed by atoms with Gasteiger partial charge in [-0.2, -0.15) is 20.1 Å². The summed E-state index contributed by atoms with van der Waals surface area (Å²) in [7, 11) is 1.76. The number of hydrogen-bond acceptors (Lipinski definition) is 7. The summed E-state index contributed by atoms with van der Waals surface area (Å²) in [6, 6.07) is 1.89. The maximum Gasteiger partial charge on any atom is 0.257 e. The summed E-state index contributed by atoms with van der Waals surface area (Å²) in [5.74, 6) is 1.53. The van der Waals surface area contributed by atoms with Crippen LogP contribution in [0, 0.1) is 0 Å². The summed E-state index contributed by atoms with van der Waals surface area (Å²) in [6.45, 7) is 0.953. The number of hydrogen-bond donors (Lipinski definition) is 2. The highest BCUT2D eigenvalue weighted by Gasteiger charge is 2.27. The largest absolute Gasteiger partial charge is 0.394 e. The van der Waals surface area contributed by atoms with Crippen molar-refractivity contribution in [2.45, 2.75) is 18.9 Å².